The number of carbonyl (C=O) groups is 1. The number of hydrogen-bond acceptors (Lipinski definition) is 2. The number of carbonyl (C=O) groups excluding carboxylic acids is 1. The Kier molecular flexibility index (Phi) is 5.97. The SMILES string of the molecule is Cc1ccc(C(CC(=O)NCc2ccc(N(C)C)cc2)n2cccc2)cc1. The largest absolute Gasteiger partial charge is 0.378 e. The summed E-state index contributed by atoms with van der Waals surface area (Å²) in [4.78, 5) is 14.7. The molecule has 0 saturated carbocycles. The van der Waals surface area contributed by atoms with Crippen molar-refractivity contribution in [2.75, 3.05) is 19.0 Å². The molecule has 4 heteroatoms. The summed E-state index contributed by atoms with van der Waals surface area (Å²) in [6, 6.07) is 20.6. The first-order valence-electron chi connectivity index (χ1n) is 9.25. The number of nitrogens with zero attached hydrogens (tertiary/aromatic N) is 2. The number of nitrogens with one attached hydrogen (secondary N) is 1. The maximum absolute atomic E-state index is 12.6. The van der Waals surface area contributed by atoms with Crippen molar-refractivity contribution in [2.45, 2.75) is 25.9 Å². The lowest BCUT2D eigenvalue weighted by Gasteiger charge is -2.20. The van der Waals surface area contributed by atoms with E-state index in [-0.39, 0.29) is 11.9 Å². The average molecular weight is 361 g/mol. The van der Waals surface area contributed by atoms with Crippen LogP contribution in [0.25, 0.3) is 0 Å². The van der Waals surface area contributed by atoms with Crippen LogP contribution in [0.3, 0.4) is 0 Å². The van der Waals surface area contributed by atoms with E-state index in [0.29, 0.717) is 13.0 Å². The second kappa shape index (κ2) is 8.58. The number of aromatic nitrogens is 1. The summed E-state index contributed by atoms with van der Waals surface area (Å²) in [5, 5.41) is 3.06. The number of anilines is 1. The van der Waals surface area contributed by atoms with Gasteiger partial charge in [0.15, 0.2) is 0 Å². The third-order valence-electron chi connectivity index (χ3n) is 4.77. The zero-order valence-electron chi connectivity index (χ0n) is 16.2. The molecule has 27 heavy (non-hydrogen) atoms. The van der Waals surface area contributed by atoms with Crippen LogP contribution in [0.4, 0.5) is 5.69 Å². The molecule has 4 nitrogen and oxygen atoms in total. The van der Waals surface area contributed by atoms with Crippen LogP contribution in [0.15, 0.2) is 73.1 Å². The van der Waals surface area contributed by atoms with Gasteiger partial charge in [0.1, 0.15) is 0 Å². The molecule has 0 bridgehead atoms. The van der Waals surface area contributed by atoms with E-state index in [2.05, 4.69) is 70.2 Å². The fraction of sp³-hybridized carbons (Fsp3) is 0.261. The predicted octanol–water partition coefficient (Wildman–Crippen LogP) is 4.16. The van der Waals surface area contributed by atoms with Crippen molar-refractivity contribution < 1.29 is 4.79 Å². The maximum Gasteiger partial charge on any atom is 0.222 e. The molecule has 0 aliphatic rings. The van der Waals surface area contributed by atoms with Gasteiger partial charge in [-0.3, -0.25) is 4.79 Å². The highest BCUT2D eigenvalue weighted by atomic mass is 16.1. The first kappa shape index (κ1) is 18.8. The topological polar surface area (TPSA) is 37.3 Å². The lowest BCUT2D eigenvalue weighted by Crippen LogP contribution is -2.26. The molecule has 1 heterocycles. The molecule has 0 radical (unpaired) electrons. The molecular formula is C23H27N3O. The van der Waals surface area contributed by atoms with Crippen molar-refractivity contribution >= 4 is 11.6 Å². The number of amides is 1. The number of benzene rings is 2. The lowest BCUT2D eigenvalue weighted by atomic mass is 10.0. The number of aryl methyl sites for hydroxylation is 1. The third kappa shape index (κ3) is 5.00. The Balaban J connectivity index is 1.65. The van der Waals surface area contributed by atoms with Gasteiger partial charge in [-0.15, -0.1) is 0 Å². The van der Waals surface area contributed by atoms with Gasteiger partial charge in [-0.2, -0.15) is 0 Å². The molecule has 1 N–H and O–H groups in total. The fourth-order valence-electron chi connectivity index (χ4n) is 3.10. The molecule has 0 spiro atoms. The molecule has 1 aromatic heterocycles. The van der Waals surface area contributed by atoms with Crippen LogP contribution in [0.1, 0.15) is 29.2 Å². The van der Waals surface area contributed by atoms with Crippen LogP contribution in [0.2, 0.25) is 0 Å². The highest BCUT2D eigenvalue weighted by Crippen LogP contribution is 2.23. The van der Waals surface area contributed by atoms with Gasteiger partial charge in [0, 0.05) is 38.7 Å². The Labute approximate surface area is 161 Å². The van der Waals surface area contributed by atoms with Gasteiger partial charge in [0.2, 0.25) is 5.91 Å². The van der Waals surface area contributed by atoms with E-state index in [1.54, 1.807) is 0 Å². The van der Waals surface area contributed by atoms with Gasteiger partial charge in [-0.25, -0.2) is 0 Å². The first-order chi connectivity index (χ1) is 13.0. The van der Waals surface area contributed by atoms with E-state index < -0.39 is 0 Å². The molecule has 140 valence electrons. The van der Waals surface area contributed by atoms with Gasteiger partial charge in [0.25, 0.3) is 0 Å². The standard InChI is InChI=1S/C23H27N3O/c1-18-6-10-20(11-7-18)22(26-14-4-5-15-26)16-23(27)24-17-19-8-12-21(13-9-19)25(2)3/h4-15,22H,16-17H2,1-3H3,(H,24,27). The molecular weight excluding hydrogens is 334 g/mol. The minimum atomic E-state index is -0.00304. The molecule has 0 saturated heterocycles. The average Bonchev–Trinajstić information content (AvgIpc) is 3.20. The van der Waals surface area contributed by atoms with E-state index in [9.17, 15) is 4.79 Å². The first-order valence-corrected chi connectivity index (χ1v) is 9.25. The van der Waals surface area contributed by atoms with Crippen molar-refractivity contribution in [1.82, 2.24) is 9.88 Å². The molecule has 1 atom stereocenters. The third-order valence-corrected chi connectivity index (χ3v) is 4.77. The number of rotatable bonds is 7. The molecule has 0 aliphatic heterocycles. The monoisotopic (exact) mass is 361 g/mol. The molecule has 0 fully saturated rings. The maximum atomic E-state index is 12.6. The Hall–Kier alpha value is -3.01. The van der Waals surface area contributed by atoms with Crippen LogP contribution in [0, 0.1) is 6.92 Å². The quantitative estimate of drug-likeness (QED) is 0.686. The lowest BCUT2D eigenvalue weighted by molar-refractivity contribution is -0.121. The van der Waals surface area contributed by atoms with Crippen LogP contribution >= 0.6 is 0 Å². The zero-order valence-corrected chi connectivity index (χ0v) is 16.2. The van der Waals surface area contributed by atoms with Gasteiger partial charge in [-0.1, -0.05) is 42.0 Å². The van der Waals surface area contributed by atoms with Crippen molar-refractivity contribution in [2.24, 2.45) is 0 Å². The van der Waals surface area contributed by atoms with Crippen molar-refractivity contribution in [3.05, 3.63) is 89.7 Å². The molecule has 1 unspecified atom stereocenters. The van der Waals surface area contributed by atoms with E-state index in [1.165, 1.54) is 5.56 Å². The van der Waals surface area contributed by atoms with Crippen LogP contribution < -0.4 is 10.2 Å². The van der Waals surface area contributed by atoms with Crippen molar-refractivity contribution in [1.29, 1.82) is 0 Å². The minimum Gasteiger partial charge on any atom is -0.378 e. The predicted molar refractivity (Wildman–Crippen MR) is 111 cm³/mol. The summed E-state index contributed by atoms with van der Waals surface area (Å²) in [7, 11) is 4.03. The molecule has 3 aromatic rings. The highest BCUT2D eigenvalue weighted by Gasteiger charge is 2.17. The Morgan fingerprint density at radius 2 is 1.63 bits per heavy atom. The van der Waals surface area contributed by atoms with E-state index >= 15 is 0 Å². The Morgan fingerprint density at radius 3 is 2.22 bits per heavy atom. The number of hydrogen-bond donors (Lipinski definition) is 1. The van der Waals surface area contributed by atoms with Crippen LogP contribution in [0.5, 0.6) is 0 Å². The highest BCUT2D eigenvalue weighted by molar-refractivity contribution is 5.77. The van der Waals surface area contributed by atoms with E-state index in [1.807, 2.05) is 38.6 Å². The van der Waals surface area contributed by atoms with Crippen LogP contribution in [-0.4, -0.2) is 24.6 Å². The van der Waals surface area contributed by atoms with E-state index in [4.69, 9.17) is 0 Å². The minimum absolute atomic E-state index is 0.00304. The van der Waals surface area contributed by atoms with E-state index in [0.717, 1.165) is 16.8 Å². The van der Waals surface area contributed by atoms with Crippen molar-refractivity contribution in [3.8, 4) is 0 Å². The summed E-state index contributed by atoms with van der Waals surface area (Å²) >= 11 is 0. The Morgan fingerprint density at radius 1 is 1.00 bits per heavy atom. The van der Waals surface area contributed by atoms with Gasteiger partial charge < -0.3 is 14.8 Å². The van der Waals surface area contributed by atoms with Gasteiger partial charge in [0.05, 0.1) is 12.5 Å². The smallest absolute Gasteiger partial charge is 0.222 e. The summed E-state index contributed by atoms with van der Waals surface area (Å²) in [5.41, 5.74) is 4.61. The summed E-state index contributed by atoms with van der Waals surface area (Å²) < 4.78 is 2.09. The Bertz CT molecular complexity index is 850. The summed E-state index contributed by atoms with van der Waals surface area (Å²) in [5.74, 6) is 0.0472. The van der Waals surface area contributed by atoms with Crippen LogP contribution in [-0.2, 0) is 11.3 Å². The molecule has 0 aliphatic carbocycles. The summed E-state index contributed by atoms with van der Waals surface area (Å²) in [6.45, 7) is 2.61. The molecule has 3 rings (SSSR count). The second-order valence-corrected chi connectivity index (χ2v) is 7.10. The zero-order chi connectivity index (χ0) is 19.2. The fourth-order valence-corrected chi connectivity index (χ4v) is 3.10. The van der Waals surface area contributed by atoms with Crippen molar-refractivity contribution in [3.63, 3.8) is 0 Å². The normalized spacial score (nSPS) is 11.8. The summed E-state index contributed by atoms with van der Waals surface area (Å²) in [6.07, 6.45) is 4.43. The molecule has 1 amide bonds. The van der Waals surface area contributed by atoms with Gasteiger partial charge >= 0.3 is 0 Å². The second-order valence-electron chi connectivity index (χ2n) is 7.10. The molecule has 2 aromatic carbocycles. The van der Waals surface area contributed by atoms with Gasteiger partial charge in [-0.05, 0) is 42.3 Å².